The molecule has 0 aliphatic carbocycles. The zero-order valence-electron chi connectivity index (χ0n) is 12.7. The molecule has 2 aliphatic heterocycles. The first kappa shape index (κ1) is 15.9. The first-order chi connectivity index (χ1) is 10.9. The zero-order valence-corrected chi connectivity index (χ0v) is 13.6. The Balaban J connectivity index is 1.65. The van der Waals surface area contributed by atoms with Crippen LogP contribution >= 0.6 is 11.8 Å². The van der Waals surface area contributed by atoms with E-state index in [1.807, 2.05) is 24.3 Å². The maximum atomic E-state index is 12.4. The molecule has 122 valence electrons. The number of aliphatic carboxylic acids is 1. The number of anilines is 1. The number of amides is 2. The Morgan fingerprint density at radius 1 is 1.43 bits per heavy atom. The van der Waals surface area contributed by atoms with Crippen LogP contribution in [-0.4, -0.2) is 46.1 Å². The van der Waals surface area contributed by atoms with Crippen molar-refractivity contribution in [3.05, 3.63) is 24.3 Å². The molecule has 1 aromatic carbocycles. The van der Waals surface area contributed by atoms with Gasteiger partial charge in [-0.1, -0.05) is 12.1 Å². The molecule has 2 amide bonds. The van der Waals surface area contributed by atoms with Gasteiger partial charge in [0.25, 0.3) is 0 Å². The Labute approximate surface area is 138 Å². The van der Waals surface area contributed by atoms with Gasteiger partial charge in [-0.15, -0.1) is 11.8 Å². The Morgan fingerprint density at radius 2 is 2.17 bits per heavy atom. The van der Waals surface area contributed by atoms with E-state index in [1.54, 1.807) is 11.8 Å². The quantitative estimate of drug-likeness (QED) is 0.880. The van der Waals surface area contributed by atoms with Crippen molar-refractivity contribution >= 4 is 35.2 Å². The summed E-state index contributed by atoms with van der Waals surface area (Å²) >= 11 is 1.38. The number of para-hydroxylation sites is 1. The van der Waals surface area contributed by atoms with Crippen LogP contribution in [0.4, 0.5) is 5.69 Å². The number of thioether (sulfide) groups is 1. The number of hydrogen-bond donors (Lipinski definition) is 2. The molecule has 2 aliphatic rings. The van der Waals surface area contributed by atoms with Gasteiger partial charge < -0.3 is 15.3 Å². The van der Waals surface area contributed by atoms with Crippen LogP contribution in [0.25, 0.3) is 0 Å². The third kappa shape index (κ3) is 3.06. The van der Waals surface area contributed by atoms with Crippen LogP contribution in [0.1, 0.15) is 19.8 Å². The average molecular weight is 334 g/mol. The number of carbonyl (C=O) groups excluding carboxylic acids is 2. The minimum absolute atomic E-state index is 0.0839. The number of fused-ring (bicyclic) bond motifs is 1. The summed E-state index contributed by atoms with van der Waals surface area (Å²) in [5.41, 5.74) is -0.115. The van der Waals surface area contributed by atoms with Crippen molar-refractivity contribution in [3.63, 3.8) is 0 Å². The van der Waals surface area contributed by atoms with Crippen molar-refractivity contribution in [3.8, 4) is 0 Å². The molecular weight excluding hydrogens is 316 g/mol. The largest absolute Gasteiger partial charge is 0.481 e. The molecule has 3 rings (SSSR count). The van der Waals surface area contributed by atoms with E-state index >= 15 is 0 Å². The lowest BCUT2D eigenvalue weighted by Crippen LogP contribution is -2.38. The van der Waals surface area contributed by atoms with Crippen molar-refractivity contribution in [2.24, 2.45) is 5.41 Å². The standard InChI is InChI=1S/C16H18N2O4S/c1-16(15(21)22)6-7-18(9-16)13(19)8-12-14(20)17-10-4-2-3-5-11(10)23-12/h2-5,12H,6-9H2,1H3,(H,17,20)(H,21,22)/t12-,16+/m1/s1. The van der Waals surface area contributed by atoms with Crippen molar-refractivity contribution in [2.45, 2.75) is 29.9 Å². The topological polar surface area (TPSA) is 86.7 Å². The van der Waals surface area contributed by atoms with Gasteiger partial charge in [0.15, 0.2) is 0 Å². The summed E-state index contributed by atoms with van der Waals surface area (Å²) in [5, 5.41) is 11.6. The van der Waals surface area contributed by atoms with Gasteiger partial charge in [0.05, 0.1) is 16.4 Å². The fourth-order valence-electron chi connectivity index (χ4n) is 2.86. The number of carboxylic acids is 1. The minimum Gasteiger partial charge on any atom is -0.481 e. The SMILES string of the molecule is C[C@]1(C(=O)O)CCN(C(=O)C[C@H]2Sc3ccccc3NC2=O)C1. The van der Waals surface area contributed by atoms with E-state index < -0.39 is 16.6 Å². The number of carbonyl (C=O) groups is 3. The number of nitrogens with one attached hydrogen (secondary N) is 1. The van der Waals surface area contributed by atoms with E-state index in [-0.39, 0.29) is 24.8 Å². The van der Waals surface area contributed by atoms with Crippen LogP contribution in [0, 0.1) is 5.41 Å². The van der Waals surface area contributed by atoms with Gasteiger partial charge in [0.2, 0.25) is 11.8 Å². The normalized spacial score (nSPS) is 26.6. The van der Waals surface area contributed by atoms with Crippen LogP contribution in [-0.2, 0) is 14.4 Å². The maximum Gasteiger partial charge on any atom is 0.311 e. The summed E-state index contributed by atoms with van der Waals surface area (Å²) in [5.74, 6) is -1.23. The molecule has 6 nitrogen and oxygen atoms in total. The molecule has 0 spiro atoms. The van der Waals surface area contributed by atoms with Crippen LogP contribution in [0.2, 0.25) is 0 Å². The Bertz CT molecular complexity index is 678. The smallest absolute Gasteiger partial charge is 0.311 e. The molecule has 2 heterocycles. The predicted molar refractivity (Wildman–Crippen MR) is 86.3 cm³/mol. The van der Waals surface area contributed by atoms with Crippen LogP contribution < -0.4 is 5.32 Å². The monoisotopic (exact) mass is 334 g/mol. The second kappa shape index (κ2) is 5.88. The van der Waals surface area contributed by atoms with Gasteiger partial charge >= 0.3 is 5.97 Å². The molecule has 23 heavy (non-hydrogen) atoms. The summed E-state index contributed by atoms with van der Waals surface area (Å²) in [7, 11) is 0. The third-order valence-corrected chi connectivity index (χ3v) is 5.68. The molecule has 0 saturated carbocycles. The molecule has 2 N–H and O–H groups in total. The lowest BCUT2D eigenvalue weighted by molar-refractivity contribution is -0.147. The summed E-state index contributed by atoms with van der Waals surface area (Å²) in [6.07, 6.45) is 0.529. The van der Waals surface area contributed by atoms with Gasteiger partial charge in [-0.2, -0.15) is 0 Å². The van der Waals surface area contributed by atoms with E-state index in [0.717, 1.165) is 10.6 Å². The van der Waals surface area contributed by atoms with E-state index in [9.17, 15) is 19.5 Å². The van der Waals surface area contributed by atoms with Crippen LogP contribution in [0.5, 0.6) is 0 Å². The highest BCUT2D eigenvalue weighted by molar-refractivity contribution is 8.01. The van der Waals surface area contributed by atoms with E-state index in [2.05, 4.69) is 5.32 Å². The van der Waals surface area contributed by atoms with Crippen LogP contribution in [0.15, 0.2) is 29.2 Å². The fourth-order valence-corrected chi connectivity index (χ4v) is 3.96. The summed E-state index contributed by atoms with van der Waals surface area (Å²) in [6.45, 7) is 2.29. The Kier molecular flexibility index (Phi) is 4.06. The molecule has 0 radical (unpaired) electrons. The van der Waals surface area contributed by atoms with Gasteiger partial charge in [0.1, 0.15) is 0 Å². The number of carboxylic acid groups (broad SMARTS) is 1. The molecule has 7 heteroatoms. The van der Waals surface area contributed by atoms with Crippen molar-refractivity contribution in [1.29, 1.82) is 0 Å². The van der Waals surface area contributed by atoms with E-state index in [0.29, 0.717) is 13.0 Å². The van der Waals surface area contributed by atoms with Crippen molar-refractivity contribution in [2.75, 3.05) is 18.4 Å². The highest BCUT2D eigenvalue weighted by atomic mass is 32.2. The lowest BCUT2D eigenvalue weighted by atomic mass is 9.90. The average Bonchev–Trinajstić information content (AvgIpc) is 2.92. The number of rotatable bonds is 3. The van der Waals surface area contributed by atoms with Gasteiger partial charge in [-0.05, 0) is 25.5 Å². The maximum absolute atomic E-state index is 12.4. The lowest BCUT2D eigenvalue weighted by Gasteiger charge is -2.26. The van der Waals surface area contributed by atoms with E-state index in [4.69, 9.17) is 0 Å². The first-order valence-electron chi connectivity index (χ1n) is 7.47. The number of likely N-dealkylation sites (tertiary alicyclic amines) is 1. The second-order valence-electron chi connectivity index (χ2n) is 6.23. The summed E-state index contributed by atoms with van der Waals surface area (Å²) < 4.78 is 0. The minimum atomic E-state index is -0.885. The Hall–Kier alpha value is -2.02. The Morgan fingerprint density at radius 3 is 2.87 bits per heavy atom. The third-order valence-electron chi connectivity index (χ3n) is 4.41. The summed E-state index contributed by atoms with van der Waals surface area (Å²) in [6, 6.07) is 7.48. The predicted octanol–water partition coefficient (Wildman–Crippen LogP) is 1.81. The van der Waals surface area contributed by atoms with Gasteiger partial charge in [-0.3, -0.25) is 14.4 Å². The van der Waals surface area contributed by atoms with E-state index in [1.165, 1.54) is 11.8 Å². The molecule has 2 atom stereocenters. The fraction of sp³-hybridized carbons (Fsp3) is 0.438. The molecule has 0 unspecified atom stereocenters. The molecule has 0 aromatic heterocycles. The number of benzene rings is 1. The highest BCUT2D eigenvalue weighted by Crippen LogP contribution is 2.37. The van der Waals surface area contributed by atoms with Crippen LogP contribution in [0.3, 0.4) is 0 Å². The number of hydrogen-bond acceptors (Lipinski definition) is 4. The highest BCUT2D eigenvalue weighted by Gasteiger charge is 2.42. The molecular formula is C16H18N2O4S. The van der Waals surface area contributed by atoms with Crippen molar-refractivity contribution in [1.82, 2.24) is 4.90 Å². The molecule has 1 saturated heterocycles. The number of nitrogens with zero attached hydrogens (tertiary/aromatic N) is 1. The molecule has 1 aromatic rings. The second-order valence-corrected chi connectivity index (χ2v) is 7.47. The van der Waals surface area contributed by atoms with Gasteiger partial charge in [-0.25, -0.2) is 0 Å². The zero-order chi connectivity index (χ0) is 16.6. The first-order valence-corrected chi connectivity index (χ1v) is 8.35. The molecule has 1 fully saturated rings. The molecule has 0 bridgehead atoms. The van der Waals surface area contributed by atoms with Crippen molar-refractivity contribution < 1.29 is 19.5 Å². The summed E-state index contributed by atoms with van der Waals surface area (Å²) in [4.78, 5) is 38.3. The van der Waals surface area contributed by atoms with Gasteiger partial charge in [0, 0.05) is 24.4 Å².